The van der Waals surface area contributed by atoms with Gasteiger partial charge < -0.3 is 10.0 Å². The highest BCUT2D eigenvalue weighted by Gasteiger charge is 2.36. The Balaban J connectivity index is 2.74. The lowest BCUT2D eigenvalue weighted by molar-refractivity contribution is -0.149. The number of hydrogen-bond acceptors (Lipinski definition) is 2. The highest BCUT2D eigenvalue weighted by molar-refractivity contribution is 5.85. The molecule has 0 bridgehead atoms. The minimum atomic E-state index is -0.910. The van der Waals surface area contributed by atoms with Gasteiger partial charge in [0, 0.05) is 12.5 Å². The molecule has 0 aromatic carbocycles. The highest BCUT2D eigenvalue weighted by atomic mass is 16.4. The smallest absolute Gasteiger partial charge is 0.326 e. The second-order valence-corrected chi connectivity index (χ2v) is 4.27. The van der Waals surface area contributed by atoms with Crippen molar-refractivity contribution in [2.24, 2.45) is 5.92 Å². The number of likely N-dealkylation sites (tertiary alicyclic amines) is 1. The third-order valence-corrected chi connectivity index (χ3v) is 3.07. The minimum absolute atomic E-state index is 0.0882. The molecule has 0 aromatic rings. The first-order valence-corrected chi connectivity index (χ1v) is 5.86. The number of hydrogen-bond donors (Lipinski definition) is 1. The van der Waals surface area contributed by atoms with Crippen LogP contribution in [0.3, 0.4) is 0 Å². The van der Waals surface area contributed by atoms with Gasteiger partial charge in [0.1, 0.15) is 6.04 Å². The molecule has 1 amide bonds. The maximum atomic E-state index is 12.2. The van der Waals surface area contributed by atoms with E-state index >= 15 is 0 Å². The van der Waals surface area contributed by atoms with Gasteiger partial charge in [-0.25, -0.2) is 4.79 Å². The lowest BCUT2D eigenvalue weighted by Crippen LogP contribution is -2.43. The van der Waals surface area contributed by atoms with Crippen LogP contribution in [0.4, 0.5) is 0 Å². The summed E-state index contributed by atoms with van der Waals surface area (Å²) >= 11 is 0. The van der Waals surface area contributed by atoms with Gasteiger partial charge in [-0.2, -0.15) is 0 Å². The molecule has 1 aliphatic heterocycles. The van der Waals surface area contributed by atoms with Crippen molar-refractivity contribution in [2.45, 2.75) is 31.7 Å². The zero-order valence-electron chi connectivity index (χ0n) is 9.97. The van der Waals surface area contributed by atoms with Crippen LogP contribution in [0.15, 0.2) is 25.3 Å². The fourth-order valence-electron chi connectivity index (χ4n) is 2.22. The number of carbonyl (C=O) groups excluding carboxylic acids is 1. The Kier molecular flexibility index (Phi) is 4.94. The van der Waals surface area contributed by atoms with Gasteiger partial charge in [-0.3, -0.25) is 4.79 Å². The Morgan fingerprint density at radius 1 is 1.35 bits per heavy atom. The molecule has 4 heteroatoms. The summed E-state index contributed by atoms with van der Waals surface area (Å²) in [6, 6.07) is -0.653. The van der Waals surface area contributed by atoms with E-state index in [-0.39, 0.29) is 11.8 Å². The number of carboxylic acid groups (broad SMARTS) is 1. The van der Waals surface area contributed by atoms with Crippen molar-refractivity contribution in [1.82, 2.24) is 4.90 Å². The van der Waals surface area contributed by atoms with Crippen molar-refractivity contribution in [3.05, 3.63) is 25.3 Å². The average Bonchev–Trinajstić information content (AvgIpc) is 2.76. The van der Waals surface area contributed by atoms with Gasteiger partial charge in [0.15, 0.2) is 0 Å². The summed E-state index contributed by atoms with van der Waals surface area (Å²) in [5, 5.41) is 9.04. The lowest BCUT2D eigenvalue weighted by Gasteiger charge is -2.25. The zero-order valence-corrected chi connectivity index (χ0v) is 9.97. The monoisotopic (exact) mass is 237 g/mol. The molecule has 1 rings (SSSR count). The fourth-order valence-corrected chi connectivity index (χ4v) is 2.22. The van der Waals surface area contributed by atoms with Gasteiger partial charge in [-0.15, -0.1) is 13.2 Å². The summed E-state index contributed by atoms with van der Waals surface area (Å²) in [4.78, 5) is 24.7. The molecule has 1 fully saturated rings. The van der Waals surface area contributed by atoms with E-state index in [1.165, 1.54) is 4.90 Å². The van der Waals surface area contributed by atoms with Crippen molar-refractivity contribution in [3.8, 4) is 0 Å². The van der Waals surface area contributed by atoms with E-state index in [4.69, 9.17) is 5.11 Å². The van der Waals surface area contributed by atoms with E-state index in [2.05, 4.69) is 13.2 Å². The molecule has 0 radical (unpaired) electrons. The summed E-state index contributed by atoms with van der Waals surface area (Å²) in [5.74, 6) is -1.22. The molecule has 1 aliphatic rings. The Labute approximate surface area is 102 Å². The van der Waals surface area contributed by atoms with Gasteiger partial charge in [0.25, 0.3) is 0 Å². The summed E-state index contributed by atoms with van der Waals surface area (Å²) in [5.41, 5.74) is 0. The summed E-state index contributed by atoms with van der Waals surface area (Å²) in [6.07, 6.45) is 5.82. The molecule has 0 unspecified atom stereocenters. The maximum absolute atomic E-state index is 12.2. The number of nitrogens with zero attached hydrogens (tertiary/aromatic N) is 1. The molecule has 94 valence electrons. The van der Waals surface area contributed by atoms with Crippen LogP contribution in [-0.4, -0.2) is 34.5 Å². The number of amides is 1. The summed E-state index contributed by atoms with van der Waals surface area (Å²) in [7, 11) is 0. The standard InChI is InChI=1S/C13H19NO3/c1-3-6-10(7-4-2)12(15)14-9-5-8-11(14)13(16)17/h3-4,10-11H,1-2,5-9H2,(H,16,17)/t11-/m0/s1. The Bertz CT molecular complexity index is 315. The normalized spacial score (nSPS) is 19.4. The topological polar surface area (TPSA) is 57.6 Å². The second kappa shape index (κ2) is 6.23. The van der Waals surface area contributed by atoms with Gasteiger partial charge in [-0.05, 0) is 25.7 Å². The van der Waals surface area contributed by atoms with E-state index in [1.807, 2.05) is 0 Å². The van der Waals surface area contributed by atoms with Gasteiger partial charge in [-0.1, -0.05) is 12.2 Å². The van der Waals surface area contributed by atoms with Crippen molar-refractivity contribution in [1.29, 1.82) is 0 Å². The Hall–Kier alpha value is -1.58. The maximum Gasteiger partial charge on any atom is 0.326 e. The molecule has 0 aliphatic carbocycles. The quantitative estimate of drug-likeness (QED) is 0.717. The largest absolute Gasteiger partial charge is 0.480 e. The first kappa shape index (κ1) is 13.5. The molecule has 0 saturated carbocycles. The third kappa shape index (κ3) is 3.19. The van der Waals surface area contributed by atoms with Crippen LogP contribution in [-0.2, 0) is 9.59 Å². The zero-order chi connectivity index (χ0) is 12.8. The lowest BCUT2D eigenvalue weighted by atomic mass is 9.99. The van der Waals surface area contributed by atoms with Gasteiger partial charge >= 0.3 is 5.97 Å². The van der Waals surface area contributed by atoms with Crippen molar-refractivity contribution < 1.29 is 14.7 Å². The van der Waals surface area contributed by atoms with Crippen molar-refractivity contribution in [2.75, 3.05) is 6.54 Å². The average molecular weight is 237 g/mol. The third-order valence-electron chi connectivity index (χ3n) is 3.07. The van der Waals surface area contributed by atoms with Crippen molar-refractivity contribution in [3.63, 3.8) is 0 Å². The van der Waals surface area contributed by atoms with E-state index in [0.717, 1.165) is 6.42 Å². The molecule has 1 N–H and O–H groups in total. The van der Waals surface area contributed by atoms with Crippen LogP contribution < -0.4 is 0 Å². The molecule has 0 aromatic heterocycles. The molecule has 1 heterocycles. The second-order valence-electron chi connectivity index (χ2n) is 4.27. The van der Waals surface area contributed by atoms with Crippen LogP contribution in [0.5, 0.6) is 0 Å². The van der Waals surface area contributed by atoms with E-state index in [0.29, 0.717) is 25.8 Å². The van der Waals surface area contributed by atoms with E-state index in [9.17, 15) is 9.59 Å². The van der Waals surface area contributed by atoms with E-state index < -0.39 is 12.0 Å². The number of carboxylic acids is 1. The van der Waals surface area contributed by atoms with Crippen LogP contribution >= 0.6 is 0 Å². The van der Waals surface area contributed by atoms with Crippen LogP contribution in [0.25, 0.3) is 0 Å². The highest BCUT2D eigenvalue weighted by Crippen LogP contribution is 2.23. The summed E-state index contributed by atoms with van der Waals surface area (Å²) < 4.78 is 0. The fraction of sp³-hybridized carbons (Fsp3) is 0.538. The molecular formula is C13H19NO3. The van der Waals surface area contributed by atoms with Crippen LogP contribution in [0.2, 0.25) is 0 Å². The Morgan fingerprint density at radius 3 is 2.41 bits per heavy atom. The Morgan fingerprint density at radius 2 is 1.94 bits per heavy atom. The number of rotatable bonds is 6. The first-order chi connectivity index (χ1) is 8.11. The minimum Gasteiger partial charge on any atom is -0.480 e. The SMILES string of the molecule is C=CCC(CC=C)C(=O)N1CCC[C@H]1C(=O)O. The van der Waals surface area contributed by atoms with Crippen molar-refractivity contribution >= 4 is 11.9 Å². The number of aliphatic carboxylic acids is 1. The molecule has 4 nitrogen and oxygen atoms in total. The van der Waals surface area contributed by atoms with Crippen LogP contribution in [0.1, 0.15) is 25.7 Å². The van der Waals surface area contributed by atoms with E-state index in [1.54, 1.807) is 12.2 Å². The molecular weight excluding hydrogens is 218 g/mol. The molecule has 0 spiro atoms. The molecule has 1 atom stereocenters. The molecule has 1 saturated heterocycles. The van der Waals surface area contributed by atoms with Gasteiger partial charge in [0.2, 0.25) is 5.91 Å². The number of carbonyl (C=O) groups is 2. The predicted octanol–water partition coefficient (Wildman–Crippen LogP) is 1.83. The van der Waals surface area contributed by atoms with Crippen LogP contribution in [0, 0.1) is 5.92 Å². The molecule has 17 heavy (non-hydrogen) atoms. The number of allylic oxidation sites excluding steroid dienone is 2. The first-order valence-electron chi connectivity index (χ1n) is 5.86. The predicted molar refractivity (Wildman–Crippen MR) is 65.5 cm³/mol. The summed E-state index contributed by atoms with van der Waals surface area (Å²) in [6.45, 7) is 7.79. The van der Waals surface area contributed by atoms with Gasteiger partial charge in [0.05, 0.1) is 0 Å².